The fraction of sp³-hybridized carbons (Fsp3) is 0.590. The Bertz CT molecular complexity index is 1750. The van der Waals surface area contributed by atoms with Crippen LogP contribution in [0.4, 0.5) is 10.5 Å². The van der Waals surface area contributed by atoms with E-state index in [1.165, 1.54) is 0 Å². The molecule has 0 radical (unpaired) electrons. The maximum absolute atomic E-state index is 15.1. The van der Waals surface area contributed by atoms with E-state index in [0.29, 0.717) is 29.2 Å². The van der Waals surface area contributed by atoms with E-state index in [0.717, 1.165) is 87.7 Å². The van der Waals surface area contributed by atoms with Crippen molar-refractivity contribution in [3.05, 3.63) is 64.7 Å². The molecule has 2 aliphatic carbocycles. The van der Waals surface area contributed by atoms with Gasteiger partial charge >= 0.3 is 6.03 Å². The smallest absolute Gasteiger partial charge is 0.327 e. The highest BCUT2D eigenvalue weighted by atomic mass is 35.5. The molecule has 2 aromatic rings. The third kappa shape index (κ3) is 9.13. The highest BCUT2D eigenvalue weighted by Crippen LogP contribution is 2.42. The summed E-state index contributed by atoms with van der Waals surface area (Å²) in [4.78, 5) is 29.9. The molecule has 2 fully saturated rings. The van der Waals surface area contributed by atoms with E-state index in [1.807, 2.05) is 30.4 Å². The van der Waals surface area contributed by atoms with Crippen LogP contribution in [-0.4, -0.2) is 73.9 Å². The van der Waals surface area contributed by atoms with E-state index in [4.69, 9.17) is 30.5 Å². The number of rotatable bonds is 4. The van der Waals surface area contributed by atoms with Gasteiger partial charge < -0.3 is 29.2 Å². The number of halogens is 1. The van der Waals surface area contributed by atoms with E-state index < -0.39 is 27.5 Å². The molecule has 6 rings (SSSR count). The molecule has 13 heteroatoms. The molecule has 2 aliphatic heterocycles. The zero-order valence-electron chi connectivity index (χ0n) is 30.7. The molecule has 2 N–H and O–H groups in total. The molecule has 3 amide bonds. The maximum Gasteiger partial charge on any atom is 0.327 e. The summed E-state index contributed by atoms with van der Waals surface area (Å²) in [6, 6.07) is 10.3. The van der Waals surface area contributed by atoms with Gasteiger partial charge in [-0.1, -0.05) is 29.8 Å². The van der Waals surface area contributed by atoms with Crippen molar-refractivity contribution in [3.8, 4) is 5.75 Å². The molecular formula is C39H53ClN4O7S. The number of hydrogen-bond acceptors (Lipinski definition) is 8. The Balaban J connectivity index is 1.41. The summed E-state index contributed by atoms with van der Waals surface area (Å²) in [7, 11) is -0.426. The van der Waals surface area contributed by atoms with Crippen LogP contribution in [0.15, 0.2) is 57.8 Å². The van der Waals surface area contributed by atoms with E-state index in [2.05, 4.69) is 19.3 Å². The van der Waals surface area contributed by atoms with Gasteiger partial charge in [0.25, 0.3) is 5.91 Å². The van der Waals surface area contributed by atoms with Crippen LogP contribution < -0.4 is 19.7 Å². The van der Waals surface area contributed by atoms with Crippen molar-refractivity contribution in [3.63, 3.8) is 0 Å². The Labute approximate surface area is 313 Å². The Morgan fingerprint density at radius 2 is 1.83 bits per heavy atom. The lowest BCUT2D eigenvalue weighted by Gasteiger charge is -2.43. The van der Waals surface area contributed by atoms with Crippen LogP contribution in [-0.2, 0) is 41.9 Å². The van der Waals surface area contributed by atoms with E-state index in [9.17, 15) is 9.59 Å². The standard InChI is InChI=1S/C39H53ClN4O7S/c1-39(2)37(45)42-52(47,43-38(46)41-30-13-15-31(48-3)16-14-30)32-17-19-36-34(23-32)44(24-27-11-18-33(27)35(49-4)9-7-21-51-39)20-6-5-8-26-22-29(40)12-10-28(26)25-50-36/h7,9-10,12,17,19,22-23,27,30-31,33,35H,5-6,8,11,13-16,18,20-21,24-25H2,1-4H3,(H2,41,42,43,45,46,47)/b9-7+/t27-,30-,31-,33+,35-,52-/m0/s1. The lowest BCUT2D eigenvalue weighted by Crippen LogP contribution is -2.47. The number of anilines is 1. The number of methoxy groups -OCH3 is 2. The molecule has 2 aromatic carbocycles. The van der Waals surface area contributed by atoms with Crippen molar-refractivity contribution < 1.29 is 32.7 Å². The molecular weight excluding hydrogens is 704 g/mol. The van der Waals surface area contributed by atoms with Crippen molar-refractivity contribution in [2.75, 3.05) is 38.8 Å². The highest BCUT2D eigenvalue weighted by Gasteiger charge is 2.38. The Morgan fingerprint density at radius 3 is 2.56 bits per heavy atom. The van der Waals surface area contributed by atoms with Gasteiger partial charge in [0, 0.05) is 38.4 Å². The molecule has 0 unspecified atom stereocenters. The van der Waals surface area contributed by atoms with Crippen molar-refractivity contribution >= 4 is 39.1 Å². The van der Waals surface area contributed by atoms with Gasteiger partial charge in [-0.25, -0.2) is 13.7 Å². The summed E-state index contributed by atoms with van der Waals surface area (Å²) < 4.78 is 46.0. The number of benzene rings is 2. The zero-order valence-corrected chi connectivity index (χ0v) is 32.3. The SMILES string of the molecule is CO[C@H]1/C=C/COC(C)(C)C(=O)N=[S@](=O)(NC(=O)N[C@H]2CC[C@H](OC)CC2)c2ccc3c(c2)N(CCCCc2cc(Cl)ccc2CO3)C[C@@H]2CC[C@H]21. The highest BCUT2D eigenvalue weighted by molar-refractivity contribution is 7.92. The monoisotopic (exact) mass is 756 g/mol. The number of aryl methyl sites for hydroxylation is 1. The Morgan fingerprint density at radius 1 is 1.02 bits per heavy atom. The third-order valence-corrected chi connectivity index (χ3v) is 13.1. The first-order valence-corrected chi connectivity index (χ1v) is 20.4. The fourth-order valence-corrected chi connectivity index (χ4v) is 9.43. The summed E-state index contributed by atoms with van der Waals surface area (Å²) >= 11 is 6.39. The van der Waals surface area contributed by atoms with Crippen LogP contribution in [0.5, 0.6) is 5.75 Å². The van der Waals surface area contributed by atoms with Crippen LogP contribution in [0.3, 0.4) is 0 Å². The first-order valence-electron chi connectivity index (χ1n) is 18.5. The summed E-state index contributed by atoms with van der Waals surface area (Å²) in [6.45, 7) is 5.11. The average molecular weight is 757 g/mol. The van der Waals surface area contributed by atoms with E-state index in [1.54, 1.807) is 46.3 Å². The molecule has 2 saturated carbocycles. The van der Waals surface area contributed by atoms with Crippen LogP contribution in [0.2, 0.25) is 5.02 Å². The normalized spacial score (nSPS) is 30.1. The maximum atomic E-state index is 15.1. The van der Waals surface area contributed by atoms with Crippen molar-refractivity contribution in [2.24, 2.45) is 16.2 Å². The first-order chi connectivity index (χ1) is 25.0. The van der Waals surface area contributed by atoms with Crippen LogP contribution in [0.25, 0.3) is 0 Å². The quantitative estimate of drug-likeness (QED) is 0.320. The van der Waals surface area contributed by atoms with Crippen molar-refractivity contribution in [1.29, 1.82) is 0 Å². The molecule has 284 valence electrons. The predicted molar refractivity (Wildman–Crippen MR) is 202 cm³/mol. The molecule has 0 aromatic heterocycles. The number of amides is 3. The summed E-state index contributed by atoms with van der Waals surface area (Å²) in [5.41, 5.74) is 1.53. The number of carbonyl (C=O) groups excluding carboxylic acids is 2. The number of ether oxygens (including phenoxy) is 4. The Hall–Kier alpha value is -3.16. The van der Waals surface area contributed by atoms with Gasteiger partial charge in [0.1, 0.15) is 18.0 Å². The average Bonchev–Trinajstić information content (AvgIpc) is 3.14. The van der Waals surface area contributed by atoms with Crippen molar-refractivity contribution in [1.82, 2.24) is 10.0 Å². The minimum atomic E-state index is -3.85. The van der Waals surface area contributed by atoms with Gasteiger partial charge in [-0.15, -0.1) is 4.36 Å². The molecule has 0 saturated heterocycles. The molecule has 11 nitrogen and oxygen atoms in total. The van der Waals surface area contributed by atoms with Gasteiger partial charge in [-0.2, -0.15) is 0 Å². The molecule has 4 atom stereocenters. The summed E-state index contributed by atoms with van der Waals surface area (Å²) in [5, 5.41) is 3.67. The second-order valence-electron chi connectivity index (χ2n) is 14.9. The van der Waals surface area contributed by atoms with Gasteiger partial charge in [-0.3, -0.25) is 4.79 Å². The minimum Gasteiger partial charge on any atom is -0.487 e. The van der Waals surface area contributed by atoms with Crippen molar-refractivity contribution in [2.45, 2.75) is 107 Å². The second kappa shape index (κ2) is 16.9. The third-order valence-electron chi connectivity index (χ3n) is 11.1. The molecule has 2 bridgehead atoms. The zero-order chi connectivity index (χ0) is 36.9. The van der Waals surface area contributed by atoms with Gasteiger partial charge in [0.15, 0.2) is 9.92 Å². The number of fused-ring (bicyclic) bond motifs is 3. The largest absolute Gasteiger partial charge is 0.487 e. The molecule has 2 heterocycles. The van der Waals surface area contributed by atoms with Crippen LogP contribution in [0.1, 0.15) is 76.3 Å². The number of hydrogen-bond donors (Lipinski definition) is 2. The van der Waals surface area contributed by atoms with Gasteiger partial charge in [0.2, 0.25) is 0 Å². The van der Waals surface area contributed by atoms with E-state index in [-0.39, 0.29) is 29.8 Å². The second-order valence-corrected chi connectivity index (χ2v) is 17.2. The number of nitrogens with zero attached hydrogens (tertiary/aromatic N) is 2. The topological polar surface area (TPSA) is 128 Å². The minimum absolute atomic E-state index is 0.102. The summed E-state index contributed by atoms with van der Waals surface area (Å²) in [6.07, 6.45) is 11.8. The first kappa shape index (κ1) is 38.6. The Kier molecular flexibility index (Phi) is 12.5. The molecule has 0 spiro atoms. The lowest BCUT2D eigenvalue weighted by atomic mass is 9.70. The van der Waals surface area contributed by atoms with Gasteiger partial charge in [-0.05, 0) is 125 Å². The number of carbonyl (C=O) groups is 2. The molecule has 4 aliphatic rings. The fourth-order valence-electron chi connectivity index (χ4n) is 7.68. The lowest BCUT2D eigenvalue weighted by molar-refractivity contribution is -0.137. The van der Waals surface area contributed by atoms with Crippen LogP contribution >= 0.6 is 11.6 Å². The van der Waals surface area contributed by atoms with Crippen LogP contribution in [0, 0.1) is 11.8 Å². The summed E-state index contributed by atoms with van der Waals surface area (Å²) in [5.74, 6) is 0.499. The van der Waals surface area contributed by atoms with E-state index >= 15 is 4.21 Å². The number of urea groups is 1. The molecule has 52 heavy (non-hydrogen) atoms. The predicted octanol–water partition coefficient (Wildman–Crippen LogP) is 6.99. The number of nitrogens with one attached hydrogen (secondary N) is 2. The van der Waals surface area contributed by atoms with Gasteiger partial charge in [0.05, 0.1) is 29.4 Å².